The molecular formula is C13H10Cl2F2O4S. The van der Waals surface area contributed by atoms with Crippen molar-refractivity contribution in [1.29, 1.82) is 0 Å². The summed E-state index contributed by atoms with van der Waals surface area (Å²) in [6.45, 7) is 0. The Labute approximate surface area is 136 Å². The largest absolute Gasteiger partial charge is 0.505 e. The molecule has 9 heteroatoms. The number of benzene rings is 2. The molecule has 2 aromatic carbocycles. The Morgan fingerprint density at radius 1 is 1.00 bits per heavy atom. The molecule has 0 saturated carbocycles. The summed E-state index contributed by atoms with van der Waals surface area (Å²) in [5.41, 5.74) is 0. The van der Waals surface area contributed by atoms with Crippen LogP contribution in [-0.2, 0) is 10.1 Å². The Balaban J connectivity index is 0.000000235. The van der Waals surface area contributed by atoms with Gasteiger partial charge in [-0.15, -0.1) is 0 Å². The second-order valence-electron chi connectivity index (χ2n) is 3.96. The minimum absolute atomic E-state index is 0.179. The van der Waals surface area contributed by atoms with Crippen LogP contribution in [0.25, 0.3) is 0 Å². The average molecular weight is 371 g/mol. The highest BCUT2D eigenvalue weighted by molar-refractivity contribution is 7.86. The highest BCUT2D eigenvalue weighted by Crippen LogP contribution is 2.22. The van der Waals surface area contributed by atoms with Crippen LogP contribution < -0.4 is 4.18 Å². The van der Waals surface area contributed by atoms with Crippen molar-refractivity contribution < 1.29 is 26.5 Å². The van der Waals surface area contributed by atoms with Crippen molar-refractivity contribution in [3.8, 4) is 11.5 Å². The molecule has 0 radical (unpaired) electrons. The maximum atomic E-state index is 12.9. The fourth-order valence-electron chi connectivity index (χ4n) is 1.19. The molecule has 2 aromatic rings. The van der Waals surface area contributed by atoms with Crippen LogP contribution in [0, 0.1) is 11.6 Å². The summed E-state index contributed by atoms with van der Waals surface area (Å²) < 4.78 is 50.7. The number of aromatic hydroxyl groups is 1. The molecule has 120 valence electrons. The maximum absolute atomic E-state index is 12.9. The first kappa shape index (κ1) is 18.5. The molecular weight excluding hydrogens is 361 g/mol. The van der Waals surface area contributed by atoms with Crippen LogP contribution >= 0.6 is 23.2 Å². The smallest absolute Gasteiger partial charge is 0.306 e. The number of rotatable bonds is 2. The summed E-state index contributed by atoms with van der Waals surface area (Å²) in [6.07, 6.45) is 0.834. The lowest BCUT2D eigenvalue weighted by Crippen LogP contribution is -2.06. The highest BCUT2D eigenvalue weighted by Gasteiger charge is 2.09. The summed E-state index contributed by atoms with van der Waals surface area (Å²) >= 11 is 10.8. The van der Waals surface area contributed by atoms with Gasteiger partial charge in [0.15, 0.2) is 23.1 Å². The molecule has 0 amide bonds. The van der Waals surface area contributed by atoms with E-state index in [1.165, 1.54) is 18.2 Å². The fourth-order valence-corrected chi connectivity index (χ4v) is 1.97. The number of hydrogen-bond acceptors (Lipinski definition) is 4. The minimum Gasteiger partial charge on any atom is -0.505 e. The van der Waals surface area contributed by atoms with Gasteiger partial charge in [-0.05, 0) is 36.4 Å². The average Bonchev–Trinajstić information content (AvgIpc) is 2.37. The van der Waals surface area contributed by atoms with E-state index in [0.717, 1.165) is 24.5 Å². The third kappa shape index (κ3) is 6.46. The Morgan fingerprint density at radius 3 is 1.91 bits per heavy atom. The van der Waals surface area contributed by atoms with Gasteiger partial charge in [0, 0.05) is 10.0 Å². The van der Waals surface area contributed by atoms with E-state index in [-0.39, 0.29) is 21.5 Å². The van der Waals surface area contributed by atoms with Gasteiger partial charge in [0.2, 0.25) is 0 Å². The van der Waals surface area contributed by atoms with Crippen LogP contribution in [0.4, 0.5) is 8.78 Å². The summed E-state index contributed by atoms with van der Waals surface area (Å²) in [4.78, 5) is 0. The van der Waals surface area contributed by atoms with Crippen molar-refractivity contribution in [2.75, 3.05) is 6.26 Å². The molecule has 0 spiro atoms. The third-order valence-electron chi connectivity index (χ3n) is 2.04. The van der Waals surface area contributed by atoms with Crippen LogP contribution in [0.2, 0.25) is 10.0 Å². The summed E-state index contributed by atoms with van der Waals surface area (Å²) in [6, 6.07) is 7.14. The molecule has 0 heterocycles. The normalized spacial score (nSPS) is 10.6. The van der Waals surface area contributed by atoms with Crippen molar-refractivity contribution in [1.82, 2.24) is 0 Å². The molecule has 0 saturated heterocycles. The molecule has 4 nitrogen and oxygen atoms in total. The first-order chi connectivity index (χ1) is 10.1. The van der Waals surface area contributed by atoms with Crippen molar-refractivity contribution in [2.24, 2.45) is 0 Å². The lowest BCUT2D eigenvalue weighted by molar-refractivity contribution is 0.432. The molecule has 0 bridgehead atoms. The van der Waals surface area contributed by atoms with E-state index in [2.05, 4.69) is 4.18 Å². The molecule has 0 atom stereocenters. The molecule has 2 rings (SSSR count). The number of phenols is 1. The first-order valence-corrected chi connectivity index (χ1v) is 8.14. The topological polar surface area (TPSA) is 63.6 Å². The number of halogens is 4. The Kier molecular flexibility index (Phi) is 6.40. The molecule has 22 heavy (non-hydrogen) atoms. The second-order valence-corrected chi connectivity index (χ2v) is 6.41. The number of phenolic OH excluding ortho intramolecular Hbond substituents is 1. The van der Waals surface area contributed by atoms with Crippen LogP contribution in [-0.4, -0.2) is 19.8 Å². The van der Waals surface area contributed by atoms with E-state index in [9.17, 15) is 17.2 Å². The zero-order valence-corrected chi connectivity index (χ0v) is 13.4. The van der Waals surface area contributed by atoms with Crippen molar-refractivity contribution in [3.05, 3.63) is 58.1 Å². The molecule has 0 aromatic heterocycles. The maximum Gasteiger partial charge on any atom is 0.306 e. The fraction of sp³-hybridized carbons (Fsp3) is 0.0769. The molecule has 0 aliphatic carbocycles. The quantitative estimate of drug-likeness (QED) is 0.811. The summed E-state index contributed by atoms with van der Waals surface area (Å²) in [7, 11) is -3.70. The van der Waals surface area contributed by atoms with Crippen LogP contribution in [0.1, 0.15) is 0 Å². The van der Waals surface area contributed by atoms with Crippen molar-refractivity contribution >= 4 is 33.3 Å². The molecule has 0 unspecified atom stereocenters. The first-order valence-electron chi connectivity index (χ1n) is 5.57. The minimum atomic E-state index is -3.70. The summed E-state index contributed by atoms with van der Waals surface area (Å²) in [5, 5.41) is 9.07. The SMILES string of the molecule is CS(=O)(=O)Oc1ccc(Cl)cc1F.Oc1ccc(Cl)cc1F. The van der Waals surface area contributed by atoms with E-state index in [0.29, 0.717) is 0 Å². The van der Waals surface area contributed by atoms with Gasteiger partial charge in [-0.2, -0.15) is 8.42 Å². The Morgan fingerprint density at radius 2 is 1.50 bits per heavy atom. The van der Waals surface area contributed by atoms with Gasteiger partial charge in [-0.3, -0.25) is 0 Å². The van der Waals surface area contributed by atoms with Crippen molar-refractivity contribution in [3.63, 3.8) is 0 Å². The lowest BCUT2D eigenvalue weighted by Gasteiger charge is -2.03. The van der Waals surface area contributed by atoms with Gasteiger partial charge >= 0.3 is 10.1 Å². The zero-order chi connectivity index (χ0) is 16.9. The predicted molar refractivity (Wildman–Crippen MR) is 80.0 cm³/mol. The van der Waals surface area contributed by atoms with E-state index in [4.69, 9.17) is 28.3 Å². The number of hydrogen-bond donors (Lipinski definition) is 1. The van der Waals surface area contributed by atoms with Gasteiger partial charge in [0.1, 0.15) is 0 Å². The van der Waals surface area contributed by atoms with Gasteiger partial charge in [-0.25, -0.2) is 8.78 Å². The molecule has 0 fully saturated rings. The van der Waals surface area contributed by atoms with Crippen LogP contribution in [0.5, 0.6) is 11.5 Å². The summed E-state index contributed by atoms with van der Waals surface area (Å²) in [5.74, 6) is -2.23. The Bertz CT molecular complexity index is 767. The second kappa shape index (κ2) is 7.62. The van der Waals surface area contributed by atoms with Crippen LogP contribution in [0.3, 0.4) is 0 Å². The predicted octanol–water partition coefficient (Wildman–Crippen LogP) is 4.00. The van der Waals surface area contributed by atoms with E-state index < -0.39 is 21.8 Å². The van der Waals surface area contributed by atoms with Gasteiger partial charge in [0.05, 0.1) is 6.26 Å². The molecule has 1 N–H and O–H groups in total. The van der Waals surface area contributed by atoms with Gasteiger partial charge in [-0.1, -0.05) is 23.2 Å². The lowest BCUT2D eigenvalue weighted by atomic mass is 10.3. The van der Waals surface area contributed by atoms with E-state index in [1.54, 1.807) is 0 Å². The van der Waals surface area contributed by atoms with E-state index in [1.807, 2.05) is 0 Å². The van der Waals surface area contributed by atoms with Crippen molar-refractivity contribution in [2.45, 2.75) is 0 Å². The zero-order valence-electron chi connectivity index (χ0n) is 11.1. The molecule has 0 aliphatic rings. The highest BCUT2D eigenvalue weighted by atomic mass is 35.5. The van der Waals surface area contributed by atoms with Gasteiger partial charge < -0.3 is 9.29 Å². The molecule has 0 aliphatic heterocycles. The third-order valence-corrected chi connectivity index (χ3v) is 3.00. The van der Waals surface area contributed by atoms with E-state index >= 15 is 0 Å². The Hall–Kier alpha value is -1.57. The van der Waals surface area contributed by atoms with Gasteiger partial charge in [0.25, 0.3) is 0 Å². The standard InChI is InChI=1S/C7H6ClFO3S.C6H4ClFO/c1-13(10,11)12-7-3-2-5(8)4-6(7)9;7-4-1-2-6(9)5(8)3-4/h2-4H,1H3;1-3,9H. The monoisotopic (exact) mass is 370 g/mol. The van der Waals surface area contributed by atoms with Crippen LogP contribution in [0.15, 0.2) is 36.4 Å².